The van der Waals surface area contributed by atoms with Crippen LogP contribution in [0.3, 0.4) is 0 Å². The number of benzene rings is 1. The van der Waals surface area contributed by atoms with E-state index in [0.29, 0.717) is 5.56 Å². The van der Waals surface area contributed by atoms with Crippen molar-refractivity contribution in [1.29, 1.82) is 5.26 Å². The number of nitriles is 1. The standard InChI is InChI=1S/C16H16N4O/c17-9-10-4-6-13-11(8-10)5-7-15(19-13)20-14-3-1-2-12(14)16(18)21/h4-8,12,14H,1-3H2,(H2,18,21)(H,19,20)/t12-,14-/m1/s1. The maximum absolute atomic E-state index is 11.4. The highest BCUT2D eigenvalue weighted by Crippen LogP contribution is 2.28. The molecule has 1 fully saturated rings. The molecule has 2 aromatic rings. The zero-order valence-corrected chi connectivity index (χ0v) is 11.5. The van der Waals surface area contributed by atoms with Gasteiger partial charge in [0.05, 0.1) is 23.1 Å². The Kier molecular flexibility index (Phi) is 3.44. The molecular formula is C16H16N4O. The van der Waals surface area contributed by atoms with E-state index >= 15 is 0 Å². The Morgan fingerprint density at radius 3 is 2.95 bits per heavy atom. The van der Waals surface area contributed by atoms with Crippen LogP contribution < -0.4 is 11.1 Å². The number of amides is 1. The molecule has 1 amide bonds. The Bertz CT molecular complexity index is 735. The number of fused-ring (bicyclic) bond motifs is 1. The van der Waals surface area contributed by atoms with Gasteiger partial charge in [-0.05, 0) is 43.2 Å². The van der Waals surface area contributed by atoms with Crippen molar-refractivity contribution >= 4 is 22.6 Å². The topological polar surface area (TPSA) is 91.8 Å². The number of nitrogens with two attached hydrogens (primary N) is 1. The molecule has 0 saturated heterocycles. The summed E-state index contributed by atoms with van der Waals surface area (Å²) in [5, 5.41) is 13.1. The summed E-state index contributed by atoms with van der Waals surface area (Å²) in [7, 11) is 0. The molecule has 1 saturated carbocycles. The Balaban J connectivity index is 1.85. The molecule has 0 aliphatic heterocycles. The Morgan fingerprint density at radius 2 is 2.19 bits per heavy atom. The van der Waals surface area contributed by atoms with Crippen LogP contribution in [0.15, 0.2) is 30.3 Å². The van der Waals surface area contributed by atoms with Gasteiger partial charge in [-0.2, -0.15) is 5.26 Å². The minimum Gasteiger partial charge on any atom is -0.369 e. The van der Waals surface area contributed by atoms with E-state index < -0.39 is 0 Å². The van der Waals surface area contributed by atoms with Gasteiger partial charge in [-0.25, -0.2) is 4.98 Å². The first-order valence-corrected chi connectivity index (χ1v) is 7.04. The first kappa shape index (κ1) is 13.4. The second-order valence-electron chi connectivity index (χ2n) is 5.41. The Morgan fingerprint density at radius 1 is 1.33 bits per heavy atom. The maximum atomic E-state index is 11.4. The first-order chi connectivity index (χ1) is 10.2. The van der Waals surface area contributed by atoms with E-state index in [1.54, 1.807) is 6.07 Å². The van der Waals surface area contributed by atoms with Gasteiger partial charge in [-0.1, -0.05) is 6.42 Å². The normalized spacial score (nSPS) is 21.1. The SMILES string of the molecule is N#Cc1ccc2nc(N[C@@H]3CCC[C@H]3C(N)=O)ccc2c1. The van der Waals surface area contributed by atoms with Crippen LogP contribution in [0.25, 0.3) is 10.9 Å². The molecule has 2 atom stereocenters. The summed E-state index contributed by atoms with van der Waals surface area (Å²) in [6.45, 7) is 0. The second-order valence-corrected chi connectivity index (χ2v) is 5.41. The number of nitrogens with zero attached hydrogens (tertiary/aromatic N) is 2. The predicted octanol–water partition coefficient (Wildman–Crippen LogP) is 2.17. The predicted molar refractivity (Wildman–Crippen MR) is 80.4 cm³/mol. The lowest BCUT2D eigenvalue weighted by Gasteiger charge is -2.19. The van der Waals surface area contributed by atoms with Crippen molar-refractivity contribution in [1.82, 2.24) is 4.98 Å². The number of nitrogens with one attached hydrogen (secondary N) is 1. The van der Waals surface area contributed by atoms with Gasteiger partial charge in [0.25, 0.3) is 0 Å². The van der Waals surface area contributed by atoms with Gasteiger partial charge in [0.15, 0.2) is 0 Å². The molecule has 0 bridgehead atoms. The summed E-state index contributed by atoms with van der Waals surface area (Å²) >= 11 is 0. The van der Waals surface area contributed by atoms with E-state index in [0.717, 1.165) is 36.0 Å². The van der Waals surface area contributed by atoms with E-state index in [9.17, 15) is 4.79 Å². The monoisotopic (exact) mass is 280 g/mol. The fourth-order valence-electron chi connectivity index (χ4n) is 2.94. The fourth-order valence-corrected chi connectivity index (χ4v) is 2.94. The van der Waals surface area contributed by atoms with Gasteiger partial charge in [0, 0.05) is 11.4 Å². The smallest absolute Gasteiger partial charge is 0.222 e. The molecule has 3 rings (SSSR count). The Hall–Kier alpha value is -2.61. The van der Waals surface area contributed by atoms with Gasteiger partial charge < -0.3 is 11.1 Å². The molecule has 21 heavy (non-hydrogen) atoms. The molecule has 106 valence electrons. The zero-order valence-electron chi connectivity index (χ0n) is 11.5. The van der Waals surface area contributed by atoms with Crippen LogP contribution >= 0.6 is 0 Å². The molecule has 1 aromatic carbocycles. The number of carbonyl (C=O) groups excluding carboxylic acids is 1. The van der Waals surface area contributed by atoms with Crippen molar-refractivity contribution in [3.8, 4) is 6.07 Å². The quantitative estimate of drug-likeness (QED) is 0.901. The summed E-state index contributed by atoms with van der Waals surface area (Å²) in [5.41, 5.74) is 6.88. The third-order valence-electron chi connectivity index (χ3n) is 4.03. The van der Waals surface area contributed by atoms with Gasteiger partial charge in [-0.15, -0.1) is 0 Å². The largest absolute Gasteiger partial charge is 0.369 e. The highest BCUT2D eigenvalue weighted by atomic mass is 16.1. The van der Waals surface area contributed by atoms with E-state index in [2.05, 4.69) is 16.4 Å². The summed E-state index contributed by atoms with van der Waals surface area (Å²) in [4.78, 5) is 16.0. The lowest BCUT2D eigenvalue weighted by atomic mass is 10.0. The Labute approximate surface area is 122 Å². The highest BCUT2D eigenvalue weighted by Gasteiger charge is 2.31. The molecule has 1 heterocycles. The van der Waals surface area contributed by atoms with Crippen molar-refractivity contribution in [2.75, 3.05) is 5.32 Å². The van der Waals surface area contributed by atoms with Crippen LogP contribution in [0.5, 0.6) is 0 Å². The summed E-state index contributed by atoms with van der Waals surface area (Å²) in [5.74, 6) is 0.373. The van der Waals surface area contributed by atoms with Crippen LogP contribution in [0.1, 0.15) is 24.8 Å². The zero-order chi connectivity index (χ0) is 14.8. The number of rotatable bonds is 3. The van der Waals surface area contributed by atoms with Crippen LogP contribution in [0, 0.1) is 17.2 Å². The number of carbonyl (C=O) groups is 1. The number of anilines is 1. The van der Waals surface area contributed by atoms with Gasteiger partial charge in [0.1, 0.15) is 5.82 Å². The summed E-state index contributed by atoms with van der Waals surface area (Å²) in [6.07, 6.45) is 2.77. The van der Waals surface area contributed by atoms with Crippen LogP contribution in [-0.4, -0.2) is 16.9 Å². The average Bonchev–Trinajstić information content (AvgIpc) is 2.95. The third kappa shape index (κ3) is 2.65. The number of hydrogen-bond acceptors (Lipinski definition) is 4. The van der Waals surface area contributed by atoms with Crippen molar-refractivity contribution < 1.29 is 4.79 Å². The van der Waals surface area contributed by atoms with Gasteiger partial charge in [-0.3, -0.25) is 4.79 Å². The molecule has 0 unspecified atom stereocenters. The van der Waals surface area contributed by atoms with Crippen molar-refractivity contribution in [3.05, 3.63) is 35.9 Å². The maximum Gasteiger partial charge on any atom is 0.222 e. The van der Waals surface area contributed by atoms with Crippen molar-refractivity contribution in [2.24, 2.45) is 11.7 Å². The number of aromatic nitrogens is 1. The van der Waals surface area contributed by atoms with Gasteiger partial charge in [0.2, 0.25) is 5.91 Å². The average molecular weight is 280 g/mol. The molecule has 1 aliphatic rings. The summed E-state index contributed by atoms with van der Waals surface area (Å²) in [6, 6.07) is 11.4. The minimum absolute atomic E-state index is 0.0610. The van der Waals surface area contributed by atoms with E-state index in [1.165, 1.54) is 0 Å². The van der Waals surface area contributed by atoms with Crippen LogP contribution in [0.2, 0.25) is 0 Å². The molecule has 5 nitrogen and oxygen atoms in total. The van der Waals surface area contributed by atoms with Crippen molar-refractivity contribution in [3.63, 3.8) is 0 Å². The number of primary amides is 1. The molecule has 1 aliphatic carbocycles. The molecule has 0 spiro atoms. The number of hydrogen-bond donors (Lipinski definition) is 2. The minimum atomic E-state index is -0.246. The van der Waals surface area contributed by atoms with E-state index in [4.69, 9.17) is 11.0 Å². The number of pyridine rings is 1. The second kappa shape index (κ2) is 5.41. The molecule has 3 N–H and O–H groups in total. The molecular weight excluding hydrogens is 264 g/mol. The molecule has 5 heteroatoms. The lowest BCUT2D eigenvalue weighted by molar-refractivity contribution is -0.121. The lowest BCUT2D eigenvalue weighted by Crippen LogP contribution is -2.34. The van der Waals surface area contributed by atoms with Gasteiger partial charge >= 0.3 is 0 Å². The van der Waals surface area contributed by atoms with Crippen LogP contribution in [0.4, 0.5) is 5.82 Å². The van der Waals surface area contributed by atoms with E-state index in [1.807, 2.05) is 24.3 Å². The molecule has 1 aromatic heterocycles. The van der Waals surface area contributed by atoms with E-state index in [-0.39, 0.29) is 17.9 Å². The highest BCUT2D eigenvalue weighted by molar-refractivity contribution is 5.82. The molecule has 0 radical (unpaired) electrons. The van der Waals surface area contributed by atoms with Crippen LogP contribution in [-0.2, 0) is 4.79 Å². The summed E-state index contributed by atoms with van der Waals surface area (Å²) < 4.78 is 0. The fraction of sp³-hybridized carbons (Fsp3) is 0.312. The van der Waals surface area contributed by atoms with Crippen molar-refractivity contribution in [2.45, 2.75) is 25.3 Å². The third-order valence-corrected chi connectivity index (χ3v) is 4.03. The first-order valence-electron chi connectivity index (χ1n) is 7.04.